The maximum atomic E-state index is 13.0. The number of carbonyl (C=O) groups excluding carboxylic acids is 2. The number of aryl methyl sites for hydroxylation is 1. The molecule has 0 bridgehead atoms. The quantitative estimate of drug-likeness (QED) is 0.636. The molecule has 0 saturated carbocycles. The number of ether oxygens (including phenoxy) is 3. The second kappa shape index (κ2) is 10.2. The first kappa shape index (κ1) is 22.5. The molecule has 7 nitrogen and oxygen atoms in total. The molecule has 0 atom stereocenters. The predicted molar refractivity (Wildman–Crippen MR) is 121 cm³/mol. The standard InChI is InChI=1S/C24H30N2O5/c1-5-29-20-14-17(15-21(30-6-2)23(20)31-7-3)24(28)25-18-10-11-19(16(4)13-18)26-12-8-9-22(26)27/h10-11,13-15H,5-9,12H2,1-4H3,(H,25,28). The van der Waals surface area contributed by atoms with Crippen LogP contribution in [0.25, 0.3) is 0 Å². The first-order valence-electron chi connectivity index (χ1n) is 10.8. The normalized spacial score (nSPS) is 13.3. The number of benzene rings is 2. The number of carbonyl (C=O) groups is 2. The minimum atomic E-state index is -0.283. The van der Waals surface area contributed by atoms with E-state index in [2.05, 4.69) is 5.32 Å². The predicted octanol–water partition coefficient (Wildman–Crippen LogP) is 4.57. The fourth-order valence-corrected chi connectivity index (χ4v) is 3.66. The van der Waals surface area contributed by atoms with Gasteiger partial charge in [0.2, 0.25) is 11.7 Å². The molecule has 0 aliphatic carbocycles. The lowest BCUT2D eigenvalue weighted by Gasteiger charge is -2.19. The Labute approximate surface area is 183 Å². The van der Waals surface area contributed by atoms with Crippen LogP contribution in [0.15, 0.2) is 30.3 Å². The molecule has 0 radical (unpaired) electrons. The van der Waals surface area contributed by atoms with Gasteiger partial charge in [0, 0.05) is 29.9 Å². The number of anilines is 2. The highest BCUT2D eigenvalue weighted by molar-refractivity contribution is 6.05. The summed E-state index contributed by atoms with van der Waals surface area (Å²) in [5, 5.41) is 2.92. The summed E-state index contributed by atoms with van der Waals surface area (Å²) in [6, 6.07) is 8.89. The highest BCUT2D eigenvalue weighted by Gasteiger charge is 2.23. The smallest absolute Gasteiger partial charge is 0.255 e. The third kappa shape index (κ3) is 5.10. The lowest BCUT2D eigenvalue weighted by molar-refractivity contribution is -0.117. The van der Waals surface area contributed by atoms with Gasteiger partial charge < -0.3 is 24.4 Å². The zero-order chi connectivity index (χ0) is 22.4. The van der Waals surface area contributed by atoms with Crippen molar-refractivity contribution in [2.24, 2.45) is 0 Å². The summed E-state index contributed by atoms with van der Waals surface area (Å²) in [6.07, 6.45) is 1.46. The summed E-state index contributed by atoms with van der Waals surface area (Å²) >= 11 is 0. The van der Waals surface area contributed by atoms with E-state index in [9.17, 15) is 9.59 Å². The van der Waals surface area contributed by atoms with Crippen molar-refractivity contribution in [2.45, 2.75) is 40.5 Å². The number of rotatable bonds is 9. The number of hydrogen-bond donors (Lipinski definition) is 1. The summed E-state index contributed by atoms with van der Waals surface area (Å²) in [5.74, 6) is 1.30. The monoisotopic (exact) mass is 426 g/mol. The molecule has 3 rings (SSSR count). The molecule has 31 heavy (non-hydrogen) atoms. The van der Waals surface area contributed by atoms with Gasteiger partial charge in [0.1, 0.15) is 0 Å². The third-order valence-corrected chi connectivity index (χ3v) is 4.99. The molecule has 1 N–H and O–H groups in total. The Morgan fingerprint density at radius 2 is 1.65 bits per heavy atom. The zero-order valence-corrected chi connectivity index (χ0v) is 18.6. The Bertz CT molecular complexity index is 930. The van der Waals surface area contributed by atoms with E-state index < -0.39 is 0 Å². The molecule has 166 valence electrons. The molecule has 2 amide bonds. The van der Waals surface area contributed by atoms with E-state index in [-0.39, 0.29) is 11.8 Å². The Hall–Kier alpha value is -3.22. The van der Waals surface area contributed by atoms with Gasteiger partial charge in [-0.3, -0.25) is 9.59 Å². The van der Waals surface area contributed by atoms with Crippen LogP contribution in [0, 0.1) is 6.92 Å². The lowest BCUT2D eigenvalue weighted by Crippen LogP contribution is -2.24. The van der Waals surface area contributed by atoms with Crippen molar-refractivity contribution in [3.8, 4) is 17.2 Å². The first-order chi connectivity index (χ1) is 15.0. The van der Waals surface area contributed by atoms with Crippen LogP contribution in [-0.2, 0) is 4.79 Å². The van der Waals surface area contributed by atoms with Crippen molar-refractivity contribution < 1.29 is 23.8 Å². The van der Waals surface area contributed by atoms with E-state index >= 15 is 0 Å². The van der Waals surface area contributed by atoms with E-state index in [0.717, 1.165) is 24.2 Å². The summed E-state index contributed by atoms with van der Waals surface area (Å²) < 4.78 is 17.1. The molecule has 1 heterocycles. The van der Waals surface area contributed by atoms with Crippen LogP contribution in [0.5, 0.6) is 17.2 Å². The van der Waals surface area contributed by atoms with Crippen molar-refractivity contribution in [1.29, 1.82) is 0 Å². The summed E-state index contributed by atoms with van der Waals surface area (Å²) in [4.78, 5) is 26.8. The average Bonchev–Trinajstić information content (AvgIpc) is 3.16. The lowest BCUT2D eigenvalue weighted by atomic mass is 10.1. The van der Waals surface area contributed by atoms with Crippen molar-refractivity contribution in [2.75, 3.05) is 36.6 Å². The molecular weight excluding hydrogens is 396 g/mol. The van der Waals surface area contributed by atoms with Crippen molar-refractivity contribution >= 4 is 23.2 Å². The highest BCUT2D eigenvalue weighted by atomic mass is 16.5. The van der Waals surface area contributed by atoms with E-state index in [1.165, 1.54) is 0 Å². The van der Waals surface area contributed by atoms with Crippen molar-refractivity contribution in [3.05, 3.63) is 41.5 Å². The minimum Gasteiger partial charge on any atom is -0.490 e. The Morgan fingerprint density at radius 1 is 1.00 bits per heavy atom. The first-order valence-corrected chi connectivity index (χ1v) is 10.8. The molecular formula is C24H30N2O5. The van der Waals surface area contributed by atoms with Crippen LogP contribution in [0.4, 0.5) is 11.4 Å². The molecule has 1 aliphatic heterocycles. The molecule has 7 heteroatoms. The maximum absolute atomic E-state index is 13.0. The molecule has 2 aromatic carbocycles. The van der Waals surface area contributed by atoms with Crippen LogP contribution >= 0.6 is 0 Å². The molecule has 0 spiro atoms. The van der Waals surface area contributed by atoms with E-state index in [1.807, 2.05) is 45.9 Å². The molecule has 0 unspecified atom stereocenters. The van der Waals surface area contributed by atoms with E-state index in [4.69, 9.17) is 14.2 Å². The minimum absolute atomic E-state index is 0.140. The fourth-order valence-electron chi connectivity index (χ4n) is 3.66. The fraction of sp³-hybridized carbons (Fsp3) is 0.417. The molecule has 1 aliphatic rings. The molecule has 1 saturated heterocycles. The molecule has 0 aromatic heterocycles. The van der Waals surface area contributed by atoms with Crippen LogP contribution in [0.1, 0.15) is 49.5 Å². The number of nitrogens with one attached hydrogen (secondary N) is 1. The molecule has 1 fully saturated rings. The topological polar surface area (TPSA) is 77.1 Å². The van der Waals surface area contributed by atoms with Gasteiger partial charge in [-0.15, -0.1) is 0 Å². The Morgan fingerprint density at radius 3 is 2.16 bits per heavy atom. The van der Waals surface area contributed by atoms with Crippen LogP contribution in [0.3, 0.4) is 0 Å². The SMILES string of the molecule is CCOc1cc(C(=O)Nc2ccc(N3CCCC3=O)c(C)c2)cc(OCC)c1OCC. The number of nitrogens with zero attached hydrogens (tertiary/aromatic N) is 1. The second-order valence-corrected chi connectivity index (χ2v) is 7.21. The summed E-state index contributed by atoms with van der Waals surface area (Å²) in [7, 11) is 0. The largest absolute Gasteiger partial charge is 0.490 e. The Balaban J connectivity index is 1.85. The highest BCUT2D eigenvalue weighted by Crippen LogP contribution is 2.39. The number of hydrogen-bond acceptors (Lipinski definition) is 5. The maximum Gasteiger partial charge on any atom is 0.255 e. The Kier molecular flexibility index (Phi) is 7.39. The van der Waals surface area contributed by atoms with Gasteiger partial charge in [-0.05, 0) is 70.0 Å². The van der Waals surface area contributed by atoms with E-state index in [0.29, 0.717) is 54.7 Å². The zero-order valence-electron chi connectivity index (χ0n) is 18.6. The van der Waals surface area contributed by atoms with Gasteiger partial charge in [0.05, 0.1) is 19.8 Å². The summed E-state index contributed by atoms with van der Waals surface area (Å²) in [5.41, 5.74) is 2.89. The van der Waals surface area contributed by atoms with Gasteiger partial charge in [0.15, 0.2) is 11.5 Å². The van der Waals surface area contributed by atoms with Gasteiger partial charge in [0.25, 0.3) is 5.91 Å². The van der Waals surface area contributed by atoms with Gasteiger partial charge in [-0.25, -0.2) is 0 Å². The van der Waals surface area contributed by atoms with Crippen LogP contribution < -0.4 is 24.4 Å². The van der Waals surface area contributed by atoms with E-state index in [1.54, 1.807) is 17.0 Å². The van der Waals surface area contributed by atoms with Gasteiger partial charge >= 0.3 is 0 Å². The van der Waals surface area contributed by atoms with Crippen LogP contribution in [-0.4, -0.2) is 38.2 Å². The van der Waals surface area contributed by atoms with Crippen molar-refractivity contribution in [1.82, 2.24) is 0 Å². The summed E-state index contributed by atoms with van der Waals surface area (Å²) in [6.45, 7) is 9.63. The number of amides is 2. The molecule has 2 aromatic rings. The van der Waals surface area contributed by atoms with Gasteiger partial charge in [-0.2, -0.15) is 0 Å². The van der Waals surface area contributed by atoms with Crippen LogP contribution in [0.2, 0.25) is 0 Å². The average molecular weight is 427 g/mol. The van der Waals surface area contributed by atoms with Gasteiger partial charge in [-0.1, -0.05) is 0 Å². The third-order valence-electron chi connectivity index (χ3n) is 4.99. The second-order valence-electron chi connectivity index (χ2n) is 7.21. The van der Waals surface area contributed by atoms with Crippen molar-refractivity contribution in [3.63, 3.8) is 0 Å².